The van der Waals surface area contributed by atoms with Crippen molar-refractivity contribution >= 4 is 27.3 Å². The number of amides is 1. The molecule has 0 bridgehead atoms. The molecule has 0 aliphatic rings. The Labute approximate surface area is 162 Å². The van der Waals surface area contributed by atoms with E-state index in [-0.39, 0.29) is 18.9 Å². The molecular formula is C21H28N2O3S. The second kappa shape index (κ2) is 8.57. The molecule has 2 aromatic rings. The van der Waals surface area contributed by atoms with Gasteiger partial charge in [-0.05, 0) is 54.7 Å². The van der Waals surface area contributed by atoms with Gasteiger partial charge < -0.3 is 5.32 Å². The molecule has 0 aromatic heterocycles. The van der Waals surface area contributed by atoms with Crippen LogP contribution >= 0.6 is 0 Å². The van der Waals surface area contributed by atoms with Gasteiger partial charge in [-0.2, -0.15) is 0 Å². The molecule has 0 unspecified atom stereocenters. The molecular weight excluding hydrogens is 360 g/mol. The van der Waals surface area contributed by atoms with E-state index >= 15 is 0 Å². The maximum Gasteiger partial charge on any atom is 0.232 e. The number of nitrogens with zero attached hydrogens (tertiary/aromatic N) is 1. The first-order chi connectivity index (χ1) is 12.6. The van der Waals surface area contributed by atoms with Gasteiger partial charge in [0.2, 0.25) is 15.9 Å². The number of hydrogen-bond donors (Lipinski definition) is 1. The number of nitrogens with one attached hydrogen (secondary N) is 1. The van der Waals surface area contributed by atoms with E-state index in [0.717, 1.165) is 28.6 Å². The number of sulfonamides is 1. The zero-order valence-electron chi connectivity index (χ0n) is 16.6. The van der Waals surface area contributed by atoms with Crippen LogP contribution in [-0.2, 0) is 14.8 Å². The van der Waals surface area contributed by atoms with Gasteiger partial charge in [0, 0.05) is 18.7 Å². The third kappa shape index (κ3) is 5.82. The number of carbonyl (C=O) groups is 1. The summed E-state index contributed by atoms with van der Waals surface area (Å²) in [6, 6.07) is 13.3. The van der Waals surface area contributed by atoms with Gasteiger partial charge in [-0.1, -0.05) is 38.1 Å². The molecule has 0 spiro atoms. The van der Waals surface area contributed by atoms with Gasteiger partial charge >= 0.3 is 0 Å². The minimum Gasteiger partial charge on any atom is -0.326 e. The largest absolute Gasteiger partial charge is 0.326 e. The Bertz CT molecular complexity index is 904. The van der Waals surface area contributed by atoms with Gasteiger partial charge in [0.1, 0.15) is 0 Å². The van der Waals surface area contributed by atoms with Gasteiger partial charge in [-0.3, -0.25) is 9.10 Å². The lowest BCUT2D eigenvalue weighted by Crippen LogP contribution is -2.33. The fraction of sp³-hybridized carbons (Fsp3) is 0.381. The number of rotatable bonds is 7. The van der Waals surface area contributed by atoms with E-state index in [1.54, 1.807) is 12.1 Å². The van der Waals surface area contributed by atoms with Crippen LogP contribution in [0.15, 0.2) is 42.5 Å². The predicted octanol–water partition coefficient (Wildman–Crippen LogP) is 4.22. The van der Waals surface area contributed by atoms with Crippen LogP contribution in [0.1, 0.15) is 42.9 Å². The van der Waals surface area contributed by atoms with Crippen molar-refractivity contribution in [3.05, 3.63) is 59.2 Å². The van der Waals surface area contributed by atoms with Gasteiger partial charge in [0.05, 0.1) is 11.9 Å². The van der Waals surface area contributed by atoms with E-state index in [1.165, 1.54) is 4.31 Å². The third-order valence-corrected chi connectivity index (χ3v) is 5.65. The van der Waals surface area contributed by atoms with Crippen LogP contribution in [0.3, 0.4) is 0 Å². The SMILES string of the molecule is Cc1ccc(C)c(NC(=O)CCN(c2ccc(C(C)C)cc2)S(C)(=O)=O)c1. The zero-order valence-corrected chi connectivity index (χ0v) is 17.4. The molecule has 0 atom stereocenters. The molecule has 146 valence electrons. The smallest absolute Gasteiger partial charge is 0.232 e. The molecule has 0 saturated heterocycles. The van der Waals surface area contributed by atoms with Crippen molar-refractivity contribution in [3.63, 3.8) is 0 Å². The quantitative estimate of drug-likeness (QED) is 0.772. The number of hydrogen-bond acceptors (Lipinski definition) is 3. The molecule has 0 fully saturated rings. The standard InChI is InChI=1S/C21H28N2O3S/c1-15(2)18-8-10-19(11-9-18)23(27(5,25)26)13-12-21(24)22-20-14-16(3)6-7-17(20)4/h6-11,14-15H,12-13H2,1-5H3,(H,22,24). The Hall–Kier alpha value is -2.34. The molecule has 0 heterocycles. The van der Waals surface area contributed by atoms with Crippen LogP contribution in [0.25, 0.3) is 0 Å². The van der Waals surface area contributed by atoms with E-state index < -0.39 is 10.0 Å². The number of benzene rings is 2. The fourth-order valence-corrected chi connectivity index (χ4v) is 3.73. The summed E-state index contributed by atoms with van der Waals surface area (Å²) in [4.78, 5) is 12.3. The summed E-state index contributed by atoms with van der Waals surface area (Å²) in [5, 5.41) is 2.87. The van der Waals surface area contributed by atoms with Crippen LogP contribution in [-0.4, -0.2) is 27.1 Å². The van der Waals surface area contributed by atoms with Crippen LogP contribution in [0.2, 0.25) is 0 Å². The minimum atomic E-state index is -3.48. The Morgan fingerprint density at radius 3 is 2.26 bits per heavy atom. The normalized spacial score (nSPS) is 11.5. The summed E-state index contributed by atoms with van der Waals surface area (Å²) >= 11 is 0. The highest BCUT2D eigenvalue weighted by Crippen LogP contribution is 2.22. The molecule has 5 nitrogen and oxygen atoms in total. The number of aryl methyl sites for hydroxylation is 2. The van der Waals surface area contributed by atoms with Crippen molar-refractivity contribution in [1.82, 2.24) is 0 Å². The first kappa shape index (κ1) is 21.0. The molecule has 2 aromatic carbocycles. The molecule has 0 aliphatic heterocycles. The van der Waals surface area contributed by atoms with Crippen molar-refractivity contribution in [2.45, 2.75) is 40.0 Å². The molecule has 0 radical (unpaired) electrons. The van der Waals surface area contributed by atoms with Gasteiger partial charge in [-0.15, -0.1) is 0 Å². The number of carbonyl (C=O) groups excluding carboxylic acids is 1. The Kier molecular flexibility index (Phi) is 6.65. The van der Waals surface area contributed by atoms with Gasteiger partial charge in [-0.25, -0.2) is 8.42 Å². The lowest BCUT2D eigenvalue weighted by atomic mass is 10.0. The monoisotopic (exact) mass is 388 g/mol. The van der Waals surface area contributed by atoms with Gasteiger partial charge in [0.15, 0.2) is 0 Å². The summed E-state index contributed by atoms with van der Waals surface area (Å²) in [5.74, 6) is 0.158. The molecule has 27 heavy (non-hydrogen) atoms. The molecule has 0 saturated carbocycles. The van der Waals surface area contributed by atoms with Crippen molar-refractivity contribution < 1.29 is 13.2 Å². The van der Waals surface area contributed by atoms with Crippen LogP contribution in [0, 0.1) is 13.8 Å². The van der Waals surface area contributed by atoms with E-state index in [0.29, 0.717) is 11.6 Å². The summed E-state index contributed by atoms with van der Waals surface area (Å²) in [6.07, 6.45) is 1.23. The lowest BCUT2D eigenvalue weighted by Gasteiger charge is -2.23. The minimum absolute atomic E-state index is 0.0758. The summed E-state index contributed by atoms with van der Waals surface area (Å²) in [6.45, 7) is 8.15. The Morgan fingerprint density at radius 2 is 1.70 bits per heavy atom. The topological polar surface area (TPSA) is 66.5 Å². The predicted molar refractivity (Wildman–Crippen MR) is 112 cm³/mol. The van der Waals surface area contributed by atoms with E-state index in [2.05, 4.69) is 19.2 Å². The zero-order chi connectivity index (χ0) is 20.2. The first-order valence-electron chi connectivity index (χ1n) is 9.02. The highest BCUT2D eigenvalue weighted by Gasteiger charge is 2.19. The Morgan fingerprint density at radius 1 is 1.07 bits per heavy atom. The first-order valence-corrected chi connectivity index (χ1v) is 10.9. The summed E-state index contributed by atoms with van der Waals surface area (Å²) in [5.41, 5.74) is 4.49. The Balaban J connectivity index is 2.10. The van der Waals surface area contributed by atoms with Crippen LogP contribution in [0.4, 0.5) is 11.4 Å². The van der Waals surface area contributed by atoms with E-state index in [1.807, 2.05) is 44.2 Å². The third-order valence-electron chi connectivity index (χ3n) is 4.46. The average Bonchev–Trinajstić information content (AvgIpc) is 2.57. The number of anilines is 2. The second-order valence-corrected chi connectivity index (χ2v) is 9.10. The molecule has 0 aliphatic carbocycles. The van der Waals surface area contributed by atoms with Crippen molar-refractivity contribution in [2.24, 2.45) is 0 Å². The van der Waals surface area contributed by atoms with Crippen molar-refractivity contribution in [1.29, 1.82) is 0 Å². The highest BCUT2D eigenvalue weighted by atomic mass is 32.2. The summed E-state index contributed by atoms with van der Waals surface area (Å²) in [7, 11) is -3.48. The second-order valence-electron chi connectivity index (χ2n) is 7.20. The maximum atomic E-state index is 12.3. The maximum absolute atomic E-state index is 12.3. The van der Waals surface area contributed by atoms with E-state index in [9.17, 15) is 13.2 Å². The highest BCUT2D eigenvalue weighted by molar-refractivity contribution is 7.92. The van der Waals surface area contributed by atoms with Crippen LogP contribution < -0.4 is 9.62 Å². The lowest BCUT2D eigenvalue weighted by molar-refractivity contribution is -0.116. The molecule has 1 N–H and O–H groups in total. The van der Waals surface area contributed by atoms with Crippen LogP contribution in [0.5, 0.6) is 0 Å². The molecule has 6 heteroatoms. The molecule has 2 rings (SSSR count). The van der Waals surface area contributed by atoms with Gasteiger partial charge in [0.25, 0.3) is 0 Å². The summed E-state index contributed by atoms with van der Waals surface area (Å²) < 4.78 is 25.7. The van der Waals surface area contributed by atoms with Crippen molar-refractivity contribution in [3.8, 4) is 0 Å². The average molecular weight is 389 g/mol. The fourth-order valence-electron chi connectivity index (χ4n) is 2.80. The molecule has 1 amide bonds. The van der Waals surface area contributed by atoms with Crippen molar-refractivity contribution in [2.75, 3.05) is 22.4 Å². The van der Waals surface area contributed by atoms with E-state index in [4.69, 9.17) is 0 Å².